The molecule has 1 saturated carbocycles. The van der Waals surface area contributed by atoms with Crippen molar-refractivity contribution in [2.75, 3.05) is 13.2 Å². The Morgan fingerprint density at radius 1 is 1.56 bits per heavy atom. The van der Waals surface area contributed by atoms with Gasteiger partial charge in [0.25, 0.3) is 5.91 Å². The van der Waals surface area contributed by atoms with Crippen LogP contribution in [-0.2, 0) is 4.79 Å². The van der Waals surface area contributed by atoms with E-state index in [1.165, 1.54) is 0 Å². The van der Waals surface area contributed by atoms with Crippen LogP contribution < -0.4 is 5.32 Å². The molecule has 1 spiro atoms. The van der Waals surface area contributed by atoms with Gasteiger partial charge in [-0.3, -0.25) is 10.1 Å². The standard InChI is InChI=1S/C13H22N2O3/c1-9-4-3-5-13(6-9)11(17)14-12(18)15(13)7-10(2)8-16/h9-10,16H,3-8H2,1-2H3,(H,14,17,18). The normalized spacial score (nSPS) is 33.9. The van der Waals surface area contributed by atoms with Crippen molar-refractivity contribution in [1.29, 1.82) is 0 Å². The number of nitrogens with one attached hydrogen (secondary N) is 1. The molecule has 102 valence electrons. The van der Waals surface area contributed by atoms with Crippen LogP contribution >= 0.6 is 0 Å². The molecule has 0 aromatic rings. The zero-order valence-electron chi connectivity index (χ0n) is 11.1. The number of aliphatic hydroxyl groups is 1. The first-order valence-electron chi connectivity index (χ1n) is 6.73. The van der Waals surface area contributed by atoms with Gasteiger partial charge in [0, 0.05) is 13.2 Å². The van der Waals surface area contributed by atoms with Crippen LogP contribution in [0.4, 0.5) is 4.79 Å². The Morgan fingerprint density at radius 3 is 2.89 bits per heavy atom. The van der Waals surface area contributed by atoms with Crippen molar-refractivity contribution in [3.63, 3.8) is 0 Å². The maximum absolute atomic E-state index is 12.2. The molecule has 1 aliphatic heterocycles. The van der Waals surface area contributed by atoms with Gasteiger partial charge >= 0.3 is 6.03 Å². The van der Waals surface area contributed by atoms with E-state index in [9.17, 15) is 9.59 Å². The van der Waals surface area contributed by atoms with E-state index in [0.29, 0.717) is 12.5 Å². The quantitative estimate of drug-likeness (QED) is 0.741. The zero-order chi connectivity index (χ0) is 13.3. The molecule has 1 saturated heterocycles. The predicted molar refractivity (Wildman–Crippen MR) is 66.9 cm³/mol. The third-order valence-electron chi connectivity index (χ3n) is 4.18. The van der Waals surface area contributed by atoms with Crippen molar-refractivity contribution in [3.05, 3.63) is 0 Å². The highest BCUT2D eigenvalue weighted by Crippen LogP contribution is 2.40. The highest BCUT2D eigenvalue weighted by molar-refractivity contribution is 6.07. The summed E-state index contributed by atoms with van der Waals surface area (Å²) in [6.07, 6.45) is 3.58. The average molecular weight is 254 g/mol. The number of rotatable bonds is 3. The second-order valence-corrected chi connectivity index (χ2v) is 5.89. The number of urea groups is 1. The SMILES string of the molecule is CC(CO)CN1C(=O)NC(=O)C12CCCC(C)C2. The summed E-state index contributed by atoms with van der Waals surface area (Å²) in [7, 11) is 0. The Bertz CT molecular complexity index is 358. The second-order valence-electron chi connectivity index (χ2n) is 5.89. The van der Waals surface area contributed by atoms with Crippen molar-refractivity contribution in [3.8, 4) is 0 Å². The van der Waals surface area contributed by atoms with Crippen LogP contribution in [0.25, 0.3) is 0 Å². The fourth-order valence-corrected chi connectivity index (χ4v) is 3.20. The third-order valence-corrected chi connectivity index (χ3v) is 4.18. The predicted octanol–water partition coefficient (Wildman–Crippen LogP) is 1.12. The van der Waals surface area contributed by atoms with E-state index in [2.05, 4.69) is 12.2 Å². The lowest BCUT2D eigenvalue weighted by atomic mass is 9.75. The van der Waals surface area contributed by atoms with Crippen LogP contribution in [0.5, 0.6) is 0 Å². The number of hydrogen-bond acceptors (Lipinski definition) is 3. The van der Waals surface area contributed by atoms with Crippen LogP contribution in [-0.4, -0.2) is 40.6 Å². The molecule has 1 aliphatic carbocycles. The van der Waals surface area contributed by atoms with E-state index in [0.717, 1.165) is 25.7 Å². The molecule has 0 aromatic carbocycles. The van der Waals surface area contributed by atoms with Crippen LogP contribution in [0.2, 0.25) is 0 Å². The molecule has 1 heterocycles. The smallest absolute Gasteiger partial charge is 0.325 e. The molecule has 3 unspecified atom stereocenters. The number of amides is 3. The molecule has 2 aliphatic rings. The minimum Gasteiger partial charge on any atom is -0.396 e. The lowest BCUT2D eigenvalue weighted by Gasteiger charge is -2.41. The monoisotopic (exact) mass is 254 g/mol. The van der Waals surface area contributed by atoms with Gasteiger partial charge in [0.1, 0.15) is 5.54 Å². The van der Waals surface area contributed by atoms with E-state index in [1.807, 2.05) is 6.92 Å². The van der Waals surface area contributed by atoms with Gasteiger partial charge in [-0.2, -0.15) is 0 Å². The summed E-state index contributed by atoms with van der Waals surface area (Å²) in [5.41, 5.74) is -0.655. The maximum Gasteiger partial charge on any atom is 0.325 e. The molecular weight excluding hydrogens is 232 g/mol. The van der Waals surface area contributed by atoms with Gasteiger partial charge in [-0.05, 0) is 24.7 Å². The van der Waals surface area contributed by atoms with E-state index in [1.54, 1.807) is 4.90 Å². The summed E-state index contributed by atoms with van der Waals surface area (Å²) in [5, 5.41) is 11.6. The summed E-state index contributed by atoms with van der Waals surface area (Å²) in [4.78, 5) is 25.7. The number of imide groups is 1. The third kappa shape index (κ3) is 2.11. The molecule has 3 amide bonds. The van der Waals surface area contributed by atoms with E-state index in [4.69, 9.17) is 5.11 Å². The number of hydrogen-bond donors (Lipinski definition) is 2. The summed E-state index contributed by atoms with van der Waals surface area (Å²) in [5.74, 6) is 0.308. The van der Waals surface area contributed by atoms with Crippen molar-refractivity contribution in [1.82, 2.24) is 10.2 Å². The van der Waals surface area contributed by atoms with E-state index < -0.39 is 5.54 Å². The Labute approximate surface area is 108 Å². The van der Waals surface area contributed by atoms with Gasteiger partial charge in [-0.1, -0.05) is 26.7 Å². The van der Waals surface area contributed by atoms with Gasteiger partial charge < -0.3 is 10.0 Å². The second kappa shape index (κ2) is 4.88. The maximum atomic E-state index is 12.2. The van der Waals surface area contributed by atoms with Crippen LogP contribution in [0.3, 0.4) is 0 Å². The first kappa shape index (κ1) is 13.3. The Morgan fingerprint density at radius 2 is 2.28 bits per heavy atom. The topological polar surface area (TPSA) is 69.6 Å². The molecule has 0 bridgehead atoms. The first-order chi connectivity index (χ1) is 8.49. The molecule has 2 N–H and O–H groups in total. The lowest BCUT2D eigenvalue weighted by Crippen LogP contribution is -2.53. The van der Waals surface area contributed by atoms with E-state index >= 15 is 0 Å². The number of nitrogens with zero attached hydrogens (tertiary/aromatic N) is 1. The summed E-state index contributed by atoms with van der Waals surface area (Å²) in [6.45, 7) is 4.49. The number of aliphatic hydroxyl groups excluding tert-OH is 1. The molecular formula is C13H22N2O3. The van der Waals surface area contributed by atoms with Crippen LogP contribution in [0.1, 0.15) is 39.5 Å². The summed E-state index contributed by atoms with van der Waals surface area (Å²) in [6, 6.07) is -0.297. The Hall–Kier alpha value is -1.10. The Kier molecular flexibility index (Phi) is 3.61. The number of carbonyl (C=O) groups excluding carboxylic acids is 2. The summed E-state index contributed by atoms with van der Waals surface area (Å²) < 4.78 is 0. The minimum absolute atomic E-state index is 0.00393. The fraction of sp³-hybridized carbons (Fsp3) is 0.846. The average Bonchev–Trinajstić information content (AvgIpc) is 2.53. The van der Waals surface area contributed by atoms with Gasteiger partial charge in [0.15, 0.2) is 0 Å². The molecule has 18 heavy (non-hydrogen) atoms. The van der Waals surface area contributed by atoms with Crippen molar-refractivity contribution < 1.29 is 14.7 Å². The highest BCUT2D eigenvalue weighted by atomic mass is 16.3. The minimum atomic E-state index is -0.655. The Balaban J connectivity index is 2.23. The van der Waals surface area contributed by atoms with Gasteiger partial charge in [0.05, 0.1) is 0 Å². The van der Waals surface area contributed by atoms with Gasteiger partial charge in [-0.25, -0.2) is 4.79 Å². The largest absolute Gasteiger partial charge is 0.396 e. The van der Waals surface area contributed by atoms with Crippen LogP contribution in [0.15, 0.2) is 0 Å². The highest BCUT2D eigenvalue weighted by Gasteiger charge is 2.54. The zero-order valence-corrected chi connectivity index (χ0v) is 11.1. The fourth-order valence-electron chi connectivity index (χ4n) is 3.20. The number of carbonyl (C=O) groups is 2. The van der Waals surface area contributed by atoms with Crippen LogP contribution in [0, 0.1) is 11.8 Å². The van der Waals surface area contributed by atoms with Crippen molar-refractivity contribution in [2.24, 2.45) is 11.8 Å². The van der Waals surface area contributed by atoms with Crippen molar-refractivity contribution >= 4 is 11.9 Å². The van der Waals surface area contributed by atoms with Gasteiger partial charge in [0.2, 0.25) is 0 Å². The molecule has 5 heteroatoms. The van der Waals surface area contributed by atoms with Gasteiger partial charge in [-0.15, -0.1) is 0 Å². The summed E-state index contributed by atoms with van der Waals surface area (Å²) >= 11 is 0. The molecule has 3 atom stereocenters. The molecule has 0 radical (unpaired) electrons. The van der Waals surface area contributed by atoms with E-state index in [-0.39, 0.29) is 24.5 Å². The molecule has 2 rings (SSSR count). The molecule has 2 fully saturated rings. The lowest BCUT2D eigenvalue weighted by molar-refractivity contribution is -0.129. The first-order valence-corrected chi connectivity index (χ1v) is 6.73. The van der Waals surface area contributed by atoms with Crippen molar-refractivity contribution in [2.45, 2.75) is 45.1 Å². The molecule has 5 nitrogen and oxygen atoms in total. The molecule has 0 aromatic heterocycles.